The van der Waals surface area contributed by atoms with Gasteiger partial charge in [-0.1, -0.05) is 18.2 Å². The number of para-hydroxylation sites is 1. The fraction of sp³-hybridized carbons (Fsp3) is 0.480. The molecule has 1 saturated heterocycles. The molecule has 1 fully saturated rings. The number of amides is 2. The summed E-state index contributed by atoms with van der Waals surface area (Å²) in [4.78, 5) is 29.8. The van der Waals surface area contributed by atoms with E-state index in [1.165, 1.54) is 7.11 Å². The monoisotopic (exact) mass is 437 g/mol. The number of aliphatic imine (C=N–C) groups is 1. The molecule has 7 heteroatoms. The van der Waals surface area contributed by atoms with Gasteiger partial charge in [-0.05, 0) is 51.7 Å². The molecule has 1 unspecified atom stereocenters. The van der Waals surface area contributed by atoms with Crippen LogP contribution in [0.1, 0.15) is 48.8 Å². The van der Waals surface area contributed by atoms with Crippen LogP contribution in [0.15, 0.2) is 41.1 Å². The predicted octanol–water partition coefficient (Wildman–Crippen LogP) is 3.81. The minimum Gasteiger partial charge on any atom is -0.500 e. The summed E-state index contributed by atoms with van der Waals surface area (Å²) < 4.78 is 13.2. The second-order valence-corrected chi connectivity index (χ2v) is 8.64. The molecule has 170 valence electrons. The van der Waals surface area contributed by atoms with E-state index < -0.39 is 5.92 Å². The minimum atomic E-state index is -0.609. The maximum Gasteiger partial charge on any atom is 0.258 e. The van der Waals surface area contributed by atoms with Gasteiger partial charge in [0.25, 0.3) is 11.8 Å². The lowest BCUT2D eigenvalue weighted by Gasteiger charge is -2.30. The van der Waals surface area contributed by atoms with Crippen LogP contribution in [-0.2, 0) is 14.3 Å². The lowest BCUT2D eigenvalue weighted by Crippen LogP contribution is -2.36. The van der Waals surface area contributed by atoms with E-state index in [-0.39, 0.29) is 24.4 Å². The van der Waals surface area contributed by atoms with Crippen LogP contribution in [0.4, 0.5) is 0 Å². The van der Waals surface area contributed by atoms with Crippen LogP contribution < -0.4 is 5.32 Å². The molecule has 0 spiro atoms. The summed E-state index contributed by atoms with van der Waals surface area (Å²) in [6, 6.07) is 8.28. The van der Waals surface area contributed by atoms with Crippen LogP contribution in [0.25, 0.3) is 10.9 Å². The largest absolute Gasteiger partial charge is 0.500 e. The highest BCUT2D eigenvalue weighted by Gasteiger charge is 2.30. The molecule has 32 heavy (non-hydrogen) atoms. The van der Waals surface area contributed by atoms with Crippen molar-refractivity contribution >= 4 is 28.4 Å². The van der Waals surface area contributed by atoms with Crippen molar-refractivity contribution in [2.75, 3.05) is 26.9 Å². The van der Waals surface area contributed by atoms with E-state index in [1.54, 1.807) is 13.0 Å². The first-order chi connectivity index (χ1) is 15.4. The average molecular weight is 438 g/mol. The van der Waals surface area contributed by atoms with Crippen LogP contribution in [0.3, 0.4) is 0 Å². The quantitative estimate of drug-likeness (QED) is 0.745. The number of hydrogen-bond acceptors (Lipinski definition) is 4. The van der Waals surface area contributed by atoms with Gasteiger partial charge in [-0.15, -0.1) is 0 Å². The number of rotatable bonds is 6. The first-order valence-corrected chi connectivity index (χ1v) is 11.2. The first-order valence-electron chi connectivity index (χ1n) is 11.2. The zero-order valence-electron chi connectivity index (χ0n) is 19.2. The Balaban J connectivity index is 1.62. The van der Waals surface area contributed by atoms with E-state index in [0.717, 1.165) is 42.7 Å². The second-order valence-electron chi connectivity index (χ2n) is 8.64. The molecule has 1 aromatic heterocycles. The van der Waals surface area contributed by atoms with Gasteiger partial charge in [-0.3, -0.25) is 9.59 Å². The molecular weight excluding hydrogens is 406 g/mol. The number of dihydropyridines is 1. The third-order valence-corrected chi connectivity index (χ3v) is 6.72. The summed E-state index contributed by atoms with van der Waals surface area (Å²) >= 11 is 0. The van der Waals surface area contributed by atoms with E-state index >= 15 is 0 Å². The number of carbonyl (C=O) groups excluding carboxylic acids is 2. The van der Waals surface area contributed by atoms with Gasteiger partial charge in [-0.2, -0.15) is 0 Å². The minimum absolute atomic E-state index is 0.141. The Hall–Kier alpha value is -2.93. The number of nitrogens with one attached hydrogen (secondary N) is 1. The predicted molar refractivity (Wildman–Crippen MR) is 124 cm³/mol. The Morgan fingerprint density at radius 1 is 1.28 bits per heavy atom. The summed E-state index contributed by atoms with van der Waals surface area (Å²) in [5, 5.41) is 3.88. The third-order valence-electron chi connectivity index (χ3n) is 6.72. The fourth-order valence-corrected chi connectivity index (χ4v) is 5.00. The lowest BCUT2D eigenvalue weighted by molar-refractivity contribution is -0.121. The number of methoxy groups -OCH3 is 1. The van der Waals surface area contributed by atoms with Gasteiger partial charge in [0.15, 0.2) is 0 Å². The van der Waals surface area contributed by atoms with Crippen molar-refractivity contribution in [1.82, 2.24) is 9.88 Å². The van der Waals surface area contributed by atoms with Gasteiger partial charge in [0.2, 0.25) is 0 Å². The van der Waals surface area contributed by atoms with Crippen LogP contribution >= 0.6 is 0 Å². The van der Waals surface area contributed by atoms with Gasteiger partial charge in [0.1, 0.15) is 11.7 Å². The van der Waals surface area contributed by atoms with Crippen molar-refractivity contribution in [3.63, 3.8) is 0 Å². The number of aromatic nitrogens is 1. The van der Waals surface area contributed by atoms with Crippen LogP contribution in [-0.4, -0.2) is 49.0 Å². The average Bonchev–Trinajstić information content (AvgIpc) is 3.09. The van der Waals surface area contributed by atoms with Crippen LogP contribution in [0.2, 0.25) is 0 Å². The second kappa shape index (κ2) is 9.28. The van der Waals surface area contributed by atoms with Crippen molar-refractivity contribution in [3.05, 3.63) is 47.4 Å². The number of ether oxygens (including phenoxy) is 2. The smallest absolute Gasteiger partial charge is 0.258 e. The van der Waals surface area contributed by atoms with Gasteiger partial charge in [0.05, 0.1) is 12.7 Å². The Labute approximate surface area is 188 Å². The van der Waals surface area contributed by atoms with Gasteiger partial charge >= 0.3 is 0 Å². The molecule has 2 atom stereocenters. The topological polar surface area (TPSA) is 81.9 Å². The SMILES string of the molecule is COC1=CC(C)=NC(=O)C1CNC(=O)c1c(C)n([C@H](C)C2CCOCC2)c2ccccc12. The normalized spacial score (nSPS) is 20.6. The number of allylic oxidation sites excluding steroid dienone is 1. The van der Waals surface area contributed by atoms with Gasteiger partial charge < -0.3 is 19.4 Å². The Morgan fingerprint density at radius 2 is 2.00 bits per heavy atom. The van der Waals surface area contributed by atoms with Crippen molar-refractivity contribution in [3.8, 4) is 0 Å². The molecule has 1 aromatic carbocycles. The van der Waals surface area contributed by atoms with Crippen LogP contribution in [0, 0.1) is 18.8 Å². The zero-order valence-corrected chi connectivity index (χ0v) is 19.2. The van der Waals surface area contributed by atoms with Gasteiger partial charge in [0, 0.05) is 48.1 Å². The number of carbonyl (C=O) groups is 2. The van der Waals surface area contributed by atoms with Crippen molar-refractivity contribution in [2.24, 2.45) is 16.8 Å². The Bertz CT molecular complexity index is 1090. The highest BCUT2D eigenvalue weighted by atomic mass is 16.5. The highest BCUT2D eigenvalue weighted by molar-refractivity contribution is 6.09. The van der Waals surface area contributed by atoms with Gasteiger partial charge in [-0.25, -0.2) is 4.99 Å². The lowest BCUT2D eigenvalue weighted by atomic mass is 9.92. The molecular formula is C25H31N3O4. The van der Waals surface area contributed by atoms with Crippen molar-refractivity contribution in [1.29, 1.82) is 0 Å². The first kappa shape index (κ1) is 22.3. The highest BCUT2D eigenvalue weighted by Crippen LogP contribution is 2.35. The van der Waals surface area contributed by atoms with E-state index in [1.807, 2.05) is 25.1 Å². The van der Waals surface area contributed by atoms with Crippen molar-refractivity contribution in [2.45, 2.75) is 39.7 Å². The summed E-state index contributed by atoms with van der Waals surface area (Å²) in [5.74, 6) is -0.0670. The molecule has 4 rings (SSSR count). The molecule has 3 heterocycles. The van der Waals surface area contributed by atoms with Crippen molar-refractivity contribution < 1.29 is 19.1 Å². The number of benzene rings is 1. The molecule has 2 aromatic rings. The maximum absolute atomic E-state index is 13.3. The molecule has 0 aliphatic carbocycles. The molecule has 2 amide bonds. The summed E-state index contributed by atoms with van der Waals surface area (Å²) in [7, 11) is 1.53. The van der Waals surface area contributed by atoms with Crippen LogP contribution in [0.5, 0.6) is 0 Å². The molecule has 1 N–H and O–H groups in total. The van der Waals surface area contributed by atoms with E-state index in [0.29, 0.717) is 23.0 Å². The number of hydrogen-bond donors (Lipinski definition) is 1. The van der Waals surface area contributed by atoms with E-state index in [9.17, 15) is 9.59 Å². The molecule has 2 aliphatic rings. The number of nitrogens with zero attached hydrogens (tertiary/aromatic N) is 2. The maximum atomic E-state index is 13.3. The fourth-order valence-electron chi connectivity index (χ4n) is 5.00. The zero-order chi connectivity index (χ0) is 22.8. The Kier molecular flexibility index (Phi) is 6.46. The molecule has 7 nitrogen and oxygen atoms in total. The Morgan fingerprint density at radius 3 is 2.72 bits per heavy atom. The molecule has 0 bridgehead atoms. The third kappa shape index (κ3) is 4.09. The molecule has 0 saturated carbocycles. The summed E-state index contributed by atoms with van der Waals surface area (Å²) in [6.45, 7) is 7.70. The molecule has 0 radical (unpaired) electrons. The summed E-state index contributed by atoms with van der Waals surface area (Å²) in [5.41, 5.74) is 3.26. The molecule has 2 aliphatic heterocycles. The number of fused-ring (bicyclic) bond motifs is 1. The van der Waals surface area contributed by atoms with E-state index in [2.05, 4.69) is 27.9 Å². The standard InChI is InChI=1S/C25H31N3O4/c1-15-13-22(31-4)20(24(29)27-15)14-26-25(30)23-17(3)28(21-8-6-5-7-19(21)23)16(2)18-9-11-32-12-10-18/h5-8,13,16,18,20H,9-12,14H2,1-4H3,(H,26,30)/t16-,20?/m1/s1. The van der Waals surface area contributed by atoms with E-state index in [4.69, 9.17) is 9.47 Å². The summed E-state index contributed by atoms with van der Waals surface area (Å²) in [6.07, 6.45) is 3.78.